The van der Waals surface area contributed by atoms with E-state index in [4.69, 9.17) is 25.5 Å². The van der Waals surface area contributed by atoms with E-state index in [-0.39, 0.29) is 69.3 Å². The van der Waals surface area contributed by atoms with Gasteiger partial charge in [0, 0.05) is 56.7 Å². The van der Waals surface area contributed by atoms with E-state index in [0.717, 1.165) is 7.11 Å². The predicted octanol–water partition coefficient (Wildman–Crippen LogP) is -7.18. The number of esters is 7. The molecule has 0 spiro atoms. The molecule has 384 valence electrons. The molecule has 0 aliphatic carbocycles. The minimum absolute atomic E-state index is 0.0382. The van der Waals surface area contributed by atoms with Crippen LogP contribution in [0, 0.1) is 0 Å². The van der Waals surface area contributed by atoms with E-state index >= 15 is 0 Å². The van der Waals surface area contributed by atoms with Crippen molar-refractivity contribution in [3.8, 4) is 0 Å². The summed E-state index contributed by atoms with van der Waals surface area (Å²) in [6.07, 6.45) is 0. The zero-order valence-corrected chi connectivity index (χ0v) is 39.0. The van der Waals surface area contributed by atoms with Gasteiger partial charge < -0.3 is 99.3 Å². The van der Waals surface area contributed by atoms with Gasteiger partial charge in [-0.1, -0.05) is 0 Å². The van der Waals surface area contributed by atoms with Gasteiger partial charge in [0.05, 0.1) is 35.5 Å². The largest absolute Gasteiger partial charge is 0.467 e. The number of nitrogens with two attached hydrogens (primary N) is 1. The molecule has 30 heteroatoms. The number of nitrogens with one attached hydrogen (secondary N) is 3. The summed E-state index contributed by atoms with van der Waals surface area (Å²) in [6, 6.07) is 0. The molecule has 0 saturated heterocycles. The molecule has 0 fully saturated rings. The fourth-order valence-electron chi connectivity index (χ4n) is 1.38. The van der Waals surface area contributed by atoms with Crippen molar-refractivity contribution in [3.63, 3.8) is 0 Å². The predicted molar refractivity (Wildman–Crippen MR) is 218 cm³/mol. The van der Waals surface area contributed by atoms with E-state index in [1.54, 1.807) is 0 Å². The van der Waals surface area contributed by atoms with E-state index in [0.29, 0.717) is 0 Å². The van der Waals surface area contributed by atoms with E-state index in [1.807, 2.05) is 0 Å². The van der Waals surface area contributed by atoms with Crippen LogP contribution in [-0.4, -0.2) is 250 Å². The number of amides is 3. The van der Waals surface area contributed by atoms with Crippen LogP contribution in [-0.2, 0) is 100 Å². The number of carbonyl (C=O) groups is 10. The molecule has 3 amide bonds. The molecule has 0 rings (SSSR count). The van der Waals surface area contributed by atoms with Crippen molar-refractivity contribution in [1.29, 1.82) is 0 Å². The molecule has 0 unspecified atom stereocenters. The molecule has 0 aliphatic heterocycles. The summed E-state index contributed by atoms with van der Waals surface area (Å²) in [5.41, 5.74) is 4.50. The maximum Gasteiger partial charge on any atom is 0.344 e. The Labute approximate surface area is 372 Å². The molecular weight excluding hydrogens is 880 g/mol. The van der Waals surface area contributed by atoms with E-state index in [9.17, 15) is 47.9 Å². The zero-order valence-electron chi connectivity index (χ0n) is 39.0. The summed E-state index contributed by atoms with van der Waals surface area (Å²) in [7, 11) is 18.8. The minimum atomic E-state index is -0.602. The maximum absolute atomic E-state index is 10.5. The summed E-state index contributed by atoms with van der Waals surface area (Å²) in [5.74, 6) is -4.65. The molecule has 0 aromatic carbocycles. The number of aliphatic hydroxyl groups is 5. The number of hydrogen-bond acceptors (Lipinski definition) is 27. The first-order chi connectivity index (χ1) is 30.3. The van der Waals surface area contributed by atoms with Gasteiger partial charge in [-0.05, 0) is 7.05 Å². The van der Waals surface area contributed by atoms with E-state index in [1.165, 1.54) is 92.2 Å². The fourth-order valence-corrected chi connectivity index (χ4v) is 1.38. The first-order valence-corrected chi connectivity index (χ1v) is 17.0. The second kappa shape index (κ2) is 77.9. The highest BCUT2D eigenvalue weighted by Gasteiger charge is 2.06. The van der Waals surface area contributed by atoms with Crippen LogP contribution in [0.1, 0.15) is 0 Å². The van der Waals surface area contributed by atoms with Gasteiger partial charge in [-0.25, -0.2) is 33.6 Å². The Hall–Kier alpha value is -5.70. The maximum atomic E-state index is 10.5. The summed E-state index contributed by atoms with van der Waals surface area (Å²) in [4.78, 5) is 101. The van der Waals surface area contributed by atoms with Crippen molar-refractivity contribution in [2.75, 3.05) is 165 Å². The van der Waals surface area contributed by atoms with E-state index in [2.05, 4.69) is 73.8 Å². The number of likely N-dealkylation sites (N-methyl/N-ethyl adjacent to an activating group) is 3. The highest BCUT2D eigenvalue weighted by Crippen LogP contribution is 1.82. The van der Waals surface area contributed by atoms with Crippen LogP contribution >= 0.6 is 0 Å². The van der Waals surface area contributed by atoms with Crippen molar-refractivity contribution in [3.05, 3.63) is 0 Å². The normalized spacial score (nSPS) is 7.94. The van der Waals surface area contributed by atoms with Crippen LogP contribution in [0.4, 0.5) is 0 Å². The van der Waals surface area contributed by atoms with Crippen molar-refractivity contribution in [2.24, 2.45) is 5.73 Å². The number of rotatable bonds is 16. The van der Waals surface area contributed by atoms with Gasteiger partial charge in [0.25, 0.3) is 5.91 Å². The summed E-state index contributed by atoms with van der Waals surface area (Å²) in [5, 5.41) is 45.3. The van der Waals surface area contributed by atoms with Gasteiger partial charge in [0.15, 0.2) is 13.2 Å². The molecule has 0 atom stereocenters. The van der Waals surface area contributed by atoms with Crippen LogP contribution in [0.15, 0.2) is 0 Å². The van der Waals surface area contributed by atoms with Crippen LogP contribution < -0.4 is 21.7 Å². The van der Waals surface area contributed by atoms with Crippen molar-refractivity contribution in [1.82, 2.24) is 16.0 Å². The number of carbonyl (C=O) groups excluding carboxylic acids is 10. The molecule has 0 aromatic rings. The molecule has 0 aromatic heterocycles. The van der Waals surface area contributed by atoms with Crippen LogP contribution in [0.25, 0.3) is 0 Å². The average Bonchev–Trinajstić information content (AvgIpc) is 3.34. The van der Waals surface area contributed by atoms with Gasteiger partial charge in [-0.2, -0.15) is 0 Å². The summed E-state index contributed by atoms with van der Waals surface area (Å²) in [6.45, 7) is -2.72. The molecule has 0 saturated carbocycles. The molecule has 0 radical (unpaired) electrons. The topological polar surface area (TPSA) is 435 Å². The highest BCUT2D eigenvalue weighted by molar-refractivity contribution is 5.80. The molecule has 0 aliphatic rings. The molecule has 10 N–H and O–H groups in total. The summed E-state index contributed by atoms with van der Waals surface area (Å²) < 4.78 is 47.3. The third-order valence-electron chi connectivity index (χ3n) is 4.28. The fraction of sp³-hybridized carbons (Fsp3) is 0.706. The van der Waals surface area contributed by atoms with Crippen molar-refractivity contribution >= 4 is 59.5 Å². The first-order valence-electron chi connectivity index (χ1n) is 17.0. The standard InChI is InChI=1S/C6H11NO4.C6H10O5.2C4H8O3.2C3H7NO2.2C3H6O3.CH5N.CH4O/c1-7-5(8)3-11-6(9)4-10-2;1-9-3-6(8)11-4-5(7)10-2;2*1-6-3-4(5)7-2;2*1-4-3(6)2-5;2*1-6-3(5)2-4;2*1-2/h3-4H2,1-2H3,(H,7,8);3-4H2,1-2H3;2*3H2,1-2H3;2*5H,2H2,1H3,(H,4,6);2*4H,2H2,1H3;2H2,1H3;2H,1H3. The van der Waals surface area contributed by atoms with Gasteiger partial charge >= 0.3 is 41.8 Å². The molecular formula is C34H72N4O26. The lowest BCUT2D eigenvalue weighted by molar-refractivity contribution is -0.159. The third kappa shape index (κ3) is 106. The lowest BCUT2D eigenvalue weighted by Gasteiger charge is -2.01. The second-order valence-corrected chi connectivity index (χ2v) is 8.59. The second-order valence-electron chi connectivity index (χ2n) is 8.59. The Bertz CT molecular complexity index is 975. The van der Waals surface area contributed by atoms with Gasteiger partial charge in [-0.15, -0.1) is 0 Å². The van der Waals surface area contributed by atoms with Gasteiger partial charge in [-0.3, -0.25) is 14.4 Å². The highest BCUT2D eigenvalue weighted by atomic mass is 16.6. The zero-order chi connectivity index (χ0) is 52.7. The van der Waals surface area contributed by atoms with E-state index < -0.39 is 56.3 Å². The van der Waals surface area contributed by atoms with Gasteiger partial charge in [0.1, 0.15) is 52.9 Å². The quantitative estimate of drug-likeness (QED) is 0.0513. The Morgan fingerprint density at radius 2 is 0.562 bits per heavy atom. The Morgan fingerprint density at radius 3 is 0.703 bits per heavy atom. The Balaban J connectivity index is -0.0000000651. The molecule has 0 heterocycles. The Kier molecular flexibility index (Phi) is 99.8. The SMILES string of the molecule is CN.CNC(=O)CO.CNC(=O)CO.CNC(=O)COC(=O)COC.CO.COC(=O)CO.COC(=O)CO.COCC(=O)OC.COCC(=O)OC.COCC(=O)OCC(=O)OC. The number of methoxy groups -OCH3 is 9. The Morgan fingerprint density at radius 1 is 0.344 bits per heavy atom. The lowest BCUT2D eigenvalue weighted by atomic mass is 10.6. The summed E-state index contributed by atoms with van der Waals surface area (Å²) >= 11 is 0. The number of aliphatic hydroxyl groups excluding tert-OH is 5. The van der Waals surface area contributed by atoms with Crippen molar-refractivity contribution in [2.45, 2.75) is 0 Å². The molecule has 64 heavy (non-hydrogen) atoms. The van der Waals surface area contributed by atoms with Crippen LogP contribution in [0.5, 0.6) is 0 Å². The van der Waals surface area contributed by atoms with Gasteiger partial charge in [0.2, 0.25) is 11.8 Å². The number of hydrogen-bond donors (Lipinski definition) is 9. The monoisotopic (exact) mass is 952 g/mol. The number of ether oxygens (including phenoxy) is 11. The smallest absolute Gasteiger partial charge is 0.344 e. The molecule has 0 bridgehead atoms. The van der Waals surface area contributed by atoms with Crippen molar-refractivity contribution < 1.29 is 126 Å². The average molecular weight is 953 g/mol. The van der Waals surface area contributed by atoms with Crippen LogP contribution in [0.3, 0.4) is 0 Å². The minimum Gasteiger partial charge on any atom is -0.467 e. The first kappa shape index (κ1) is 82.1. The van der Waals surface area contributed by atoms with Crippen LogP contribution in [0.2, 0.25) is 0 Å². The molecule has 30 nitrogen and oxygen atoms in total. The third-order valence-corrected chi connectivity index (χ3v) is 4.28. The lowest BCUT2D eigenvalue weighted by Crippen LogP contribution is -2.26.